The van der Waals surface area contributed by atoms with E-state index in [9.17, 15) is 14.7 Å². The minimum absolute atomic E-state index is 0.159. The molecule has 0 aliphatic carbocycles. The lowest BCUT2D eigenvalue weighted by atomic mass is 9.82. The van der Waals surface area contributed by atoms with Gasteiger partial charge in [-0.05, 0) is 51.3 Å². The molecular formula is C17H23NO4. The zero-order valence-electron chi connectivity index (χ0n) is 13.3. The Morgan fingerprint density at radius 2 is 2.14 bits per heavy atom. The van der Waals surface area contributed by atoms with Gasteiger partial charge in [-0.3, -0.25) is 9.59 Å². The Balaban J connectivity index is 2.02. The number of rotatable bonds is 4. The molecule has 0 spiro atoms. The summed E-state index contributed by atoms with van der Waals surface area (Å²) in [5.74, 6) is -0.357. The van der Waals surface area contributed by atoms with Gasteiger partial charge in [-0.2, -0.15) is 0 Å². The normalized spacial score (nSPS) is 23.0. The van der Waals surface area contributed by atoms with Crippen LogP contribution in [-0.2, 0) is 9.59 Å². The van der Waals surface area contributed by atoms with Crippen molar-refractivity contribution in [3.63, 3.8) is 0 Å². The highest BCUT2D eigenvalue weighted by atomic mass is 16.5. The monoisotopic (exact) mass is 305 g/mol. The molecule has 2 rings (SSSR count). The largest absolute Gasteiger partial charge is 0.481 e. The van der Waals surface area contributed by atoms with E-state index < -0.39 is 17.5 Å². The van der Waals surface area contributed by atoms with Crippen molar-refractivity contribution in [2.45, 2.75) is 39.7 Å². The number of aryl methyl sites for hydroxylation is 1. The Kier molecular flexibility index (Phi) is 4.74. The molecule has 5 heteroatoms. The van der Waals surface area contributed by atoms with Crippen molar-refractivity contribution in [1.82, 2.24) is 4.90 Å². The first-order valence-corrected chi connectivity index (χ1v) is 7.57. The fourth-order valence-electron chi connectivity index (χ4n) is 2.80. The van der Waals surface area contributed by atoms with Crippen molar-refractivity contribution in [1.29, 1.82) is 0 Å². The smallest absolute Gasteiger partial charge is 0.311 e. The van der Waals surface area contributed by atoms with Crippen LogP contribution in [-0.4, -0.2) is 41.1 Å². The number of nitrogens with zero attached hydrogens (tertiary/aromatic N) is 1. The molecule has 1 amide bonds. The zero-order chi connectivity index (χ0) is 16.3. The average molecular weight is 305 g/mol. The van der Waals surface area contributed by atoms with Crippen molar-refractivity contribution in [2.75, 3.05) is 13.1 Å². The highest BCUT2D eigenvalue weighted by Gasteiger charge is 2.40. The standard InChI is InChI=1S/C17H23NO4/c1-12-6-4-7-14(10-12)22-13(2)15(19)18-9-5-8-17(3,11-18)16(20)21/h4,6-7,10,13H,5,8-9,11H2,1-3H3,(H,20,21). The second-order valence-electron chi connectivity index (χ2n) is 6.31. The van der Waals surface area contributed by atoms with Gasteiger partial charge in [0.1, 0.15) is 5.75 Å². The van der Waals surface area contributed by atoms with Gasteiger partial charge in [0.2, 0.25) is 0 Å². The van der Waals surface area contributed by atoms with Crippen LogP contribution in [0.15, 0.2) is 24.3 Å². The Labute approximate surface area is 130 Å². The number of hydrogen-bond donors (Lipinski definition) is 1. The van der Waals surface area contributed by atoms with Crippen LogP contribution >= 0.6 is 0 Å². The Morgan fingerprint density at radius 1 is 1.41 bits per heavy atom. The third kappa shape index (κ3) is 3.59. The van der Waals surface area contributed by atoms with Crippen LogP contribution in [0.1, 0.15) is 32.3 Å². The van der Waals surface area contributed by atoms with Crippen LogP contribution in [0.4, 0.5) is 0 Å². The summed E-state index contributed by atoms with van der Waals surface area (Å²) in [5, 5.41) is 9.33. The third-order valence-electron chi connectivity index (χ3n) is 4.17. The summed E-state index contributed by atoms with van der Waals surface area (Å²) in [7, 11) is 0. The van der Waals surface area contributed by atoms with Gasteiger partial charge in [0, 0.05) is 13.1 Å². The Morgan fingerprint density at radius 3 is 2.77 bits per heavy atom. The maximum atomic E-state index is 12.5. The second kappa shape index (κ2) is 6.38. The van der Waals surface area contributed by atoms with Crippen molar-refractivity contribution in [3.8, 4) is 5.75 Å². The molecule has 1 aliphatic rings. The number of likely N-dealkylation sites (tertiary alicyclic amines) is 1. The number of hydrogen-bond acceptors (Lipinski definition) is 3. The summed E-state index contributed by atoms with van der Waals surface area (Å²) in [4.78, 5) is 25.5. The highest BCUT2D eigenvalue weighted by molar-refractivity contribution is 5.82. The van der Waals surface area contributed by atoms with Gasteiger partial charge in [0.15, 0.2) is 6.10 Å². The number of ether oxygens (including phenoxy) is 1. The summed E-state index contributed by atoms with van der Waals surface area (Å²) in [6, 6.07) is 7.53. The molecule has 1 heterocycles. The Hall–Kier alpha value is -2.04. The number of carboxylic acids is 1. The van der Waals surface area contributed by atoms with Crippen LogP contribution in [0, 0.1) is 12.3 Å². The van der Waals surface area contributed by atoms with Gasteiger partial charge in [0.05, 0.1) is 5.41 Å². The summed E-state index contributed by atoms with van der Waals surface area (Å²) < 4.78 is 5.70. The number of carbonyl (C=O) groups excluding carboxylic acids is 1. The minimum Gasteiger partial charge on any atom is -0.481 e. The molecule has 0 bridgehead atoms. The molecule has 0 aromatic heterocycles. The van der Waals surface area contributed by atoms with E-state index in [1.807, 2.05) is 31.2 Å². The second-order valence-corrected chi connectivity index (χ2v) is 6.31. The van der Waals surface area contributed by atoms with Crippen molar-refractivity contribution >= 4 is 11.9 Å². The van der Waals surface area contributed by atoms with Gasteiger partial charge >= 0.3 is 5.97 Å². The van der Waals surface area contributed by atoms with Crippen LogP contribution in [0.5, 0.6) is 5.75 Å². The molecule has 1 aliphatic heterocycles. The molecule has 0 radical (unpaired) electrons. The lowest BCUT2D eigenvalue weighted by molar-refractivity contribution is -0.155. The number of carboxylic acid groups (broad SMARTS) is 1. The summed E-state index contributed by atoms with van der Waals surface area (Å²) >= 11 is 0. The van der Waals surface area contributed by atoms with Crippen LogP contribution < -0.4 is 4.74 Å². The minimum atomic E-state index is -0.864. The molecule has 22 heavy (non-hydrogen) atoms. The van der Waals surface area contributed by atoms with Crippen LogP contribution in [0.25, 0.3) is 0 Å². The molecule has 1 aromatic rings. The first-order valence-electron chi connectivity index (χ1n) is 7.57. The number of amides is 1. The lowest BCUT2D eigenvalue weighted by Crippen LogP contribution is -2.51. The molecule has 5 nitrogen and oxygen atoms in total. The first-order chi connectivity index (χ1) is 10.3. The molecular weight excluding hydrogens is 282 g/mol. The van der Waals surface area contributed by atoms with Gasteiger partial charge in [-0.15, -0.1) is 0 Å². The molecule has 2 atom stereocenters. The maximum absolute atomic E-state index is 12.5. The van der Waals surface area contributed by atoms with Gasteiger partial charge in [-0.25, -0.2) is 0 Å². The number of carbonyl (C=O) groups is 2. The molecule has 2 unspecified atom stereocenters. The van der Waals surface area contributed by atoms with Crippen molar-refractivity contribution in [3.05, 3.63) is 29.8 Å². The maximum Gasteiger partial charge on any atom is 0.311 e. The van der Waals surface area contributed by atoms with E-state index in [1.165, 1.54) is 0 Å². The molecule has 120 valence electrons. The number of benzene rings is 1. The SMILES string of the molecule is Cc1cccc(OC(C)C(=O)N2CCCC(C)(C(=O)O)C2)c1. The van der Waals surface area contributed by atoms with Gasteiger partial charge in [0.25, 0.3) is 5.91 Å². The summed E-state index contributed by atoms with van der Waals surface area (Å²) in [5.41, 5.74) is 0.199. The van der Waals surface area contributed by atoms with E-state index in [0.717, 1.165) is 5.56 Å². The van der Waals surface area contributed by atoms with E-state index in [2.05, 4.69) is 0 Å². The van der Waals surface area contributed by atoms with Crippen LogP contribution in [0.2, 0.25) is 0 Å². The predicted molar refractivity (Wildman–Crippen MR) is 82.8 cm³/mol. The summed E-state index contributed by atoms with van der Waals surface area (Å²) in [6.45, 7) is 6.19. The van der Waals surface area contributed by atoms with E-state index >= 15 is 0 Å². The van der Waals surface area contributed by atoms with Crippen LogP contribution in [0.3, 0.4) is 0 Å². The van der Waals surface area contributed by atoms with E-state index in [-0.39, 0.29) is 12.5 Å². The third-order valence-corrected chi connectivity index (χ3v) is 4.17. The van der Waals surface area contributed by atoms with E-state index in [1.54, 1.807) is 18.7 Å². The quantitative estimate of drug-likeness (QED) is 0.928. The fraction of sp³-hybridized carbons (Fsp3) is 0.529. The molecule has 1 aromatic carbocycles. The average Bonchev–Trinajstić information content (AvgIpc) is 2.46. The topological polar surface area (TPSA) is 66.8 Å². The van der Waals surface area contributed by atoms with Gasteiger partial charge < -0.3 is 14.7 Å². The van der Waals surface area contributed by atoms with E-state index in [0.29, 0.717) is 25.1 Å². The van der Waals surface area contributed by atoms with Crippen molar-refractivity contribution < 1.29 is 19.4 Å². The highest BCUT2D eigenvalue weighted by Crippen LogP contribution is 2.30. The molecule has 0 saturated carbocycles. The number of aliphatic carboxylic acids is 1. The predicted octanol–water partition coefficient (Wildman–Crippen LogP) is 2.48. The summed E-state index contributed by atoms with van der Waals surface area (Å²) in [6.07, 6.45) is 0.670. The van der Waals surface area contributed by atoms with Gasteiger partial charge in [-0.1, -0.05) is 12.1 Å². The molecule has 1 N–H and O–H groups in total. The fourth-order valence-corrected chi connectivity index (χ4v) is 2.80. The first kappa shape index (κ1) is 16.3. The molecule has 1 saturated heterocycles. The zero-order valence-corrected chi connectivity index (χ0v) is 13.3. The van der Waals surface area contributed by atoms with E-state index in [4.69, 9.17) is 4.74 Å². The van der Waals surface area contributed by atoms with Crippen molar-refractivity contribution in [2.24, 2.45) is 5.41 Å². The number of piperidine rings is 1. The molecule has 1 fully saturated rings. The Bertz CT molecular complexity index is 572. The lowest BCUT2D eigenvalue weighted by Gasteiger charge is -2.38.